The average Bonchev–Trinajstić information content (AvgIpc) is 2.83. The van der Waals surface area contributed by atoms with Gasteiger partial charge in [0.05, 0.1) is 0 Å². The zero-order chi connectivity index (χ0) is 23.6. The second-order valence-corrected chi connectivity index (χ2v) is 10.4. The number of hydrogen-bond acceptors (Lipinski definition) is 2. The van der Waals surface area contributed by atoms with Crippen molar-refractivity contribution < 1.29 is 0 Å². The minimum atomic E-state index is 0.844. The lowest BCUT2D eigenvalue weighted by Gasteiger charge is -2.06. The van der Waals surface area contributed by atoms with E-state index in [9.17, 15) is 0 Å². The van der Waals surface area contributed by atoms with Crippen LogP contribution in [0.15, 0.2) is 36.7 Å². The molecule has 0 radical (unpaired) electrons. The molecule has 0 spiro atoms. The van der Waals surface area contributed by atoms with E-state index in [-0.39, 0.29) is 0 Å². The van der Waals surface area contributed by atoms with E-state index >= 15 is 0 Å². The van der Waals surface area contributed by atoms with Gasteiger partial charge in [0.25, 0.3) is 0 Å². The molecular formula is C31H50N2. The Labute approximate surface area is 205 Å². The van der Waals surface area contributed by atoms with Crippen LogP contribution in [-0.2, 0) is 12.8 Å². The molecule has 1 aromatic carbocycles. The molecule has 0 amide bonds. The summed E-state index contributed by atoms with van der Waals surface area (Å²) in [4.78, 5) is 9.28. The number of benzene rings is 1. The zero-order valence-corrected chi connectivity index (χ0v) is 22.0. The summed E-state index contributed by atoms with van der Waals surface area (Å²) in [6.45, 7) is 6.92. The van der Waals surface area contributed by atoms with Gasteiger partial charge in [-0.25, -0.2) is 9.97 Å². The van der Waals surface area contributed by atoms with E-state index in [1.807, 2.05) is 12.4 Å². The third kappa shape index (κ3) is 12.9. The number of hydrogen-bond donors (Lipinski definition) is 0. The van der Waals surface area contributed by atoms with E-state index in [1.165, 1.54) is 114 Å². The molecule has 0 fully saturated rings. The van der Waals surface area contributed by atoms with Crippen molar-refractivity contribution in [1.82, 2.24) is 9.97 Å². The van der Waals surface area contributed by atoms with Crippen LogP contribution in [0.25, 0.3) is 11.4 Å². The normalized spacial score (nSPS) is 11.4. The standard InChI is InChI=1S/C31H50N2/c1-4-5-6-7-8-9-10-13-16-19-28-21-23-30(24-22-28)31-32-25-29(26-33-31)20-17-14-11-12-15-18-27(2)3/h21-27H,4-20H2,1-3H3. The molecule has 0 unspecified atom stereocenters. The van der Waals surface area contributed by atoms with Gasteiger partial charge >= 0.3 is 0 Å². The highest BCUT2D eigenvalue weighted by atomic mass is 14.9. The van der Waals surface area contributed by atoms with Gasteiger partial charge in [0.2, 0.25) is 0 Å². The van der Waals surface area contributed by atoms with Crippen molar-refractivity contribution in [3.8, 4) is 11.4 Å². The summed E-state index contributed by atoms with van der Waals surface area (Å²) in [7, 11) is 0. The quantitative estimate of drug-likeness (QED) is 0.199. The second-order valence-electron chi connectivity index (χ2n) is 10.4. The summed E-state index contributed by atoms with van der Waals surface area (Å²) >= 11 is 0. The van der Waals surface area contributed by atoms with E-state index in [1.54, 1.807) is 0 Å². The third-order valence-electron chi connectivity index (χ3n) is 6.73. The fourth-order valence-electron chi connectivity index (χ4n) is 4.51. The fraction of sp³-hybridized carbons (Fsp3) is 0.677. The summed E-state index contributed by atoms with van der Waals surface area (Å²) in [5.74, 6) is 1.69. The molecule has 1 heterocycles. The summed E-state index contributed by atoms with van der Waals surface area (Å²) in [6, 6.07) is 8.90. The Balaban J connectivity index is 1.60. The molecule has 0 saturated carbocycles. The monoisotopic (exact) mass is 450 g/mol. The van der Waals surface area contributed by atoms with Crippen LogP contribution >= 0.6 is 0 Å². The minimum absolute atomic E-state index is 0.844. The van der Waals surface area contributed by atoms with Crippen molar-refractivity contribution in [3.63, 3.8) is 0 Å². The van der Waals surface area contributed by atoms with E-state index < -0.39 is 0 Å². The lowest BCUT2D eigenvalue weighted by atomic mass is 10.0. The number of rotatable bonds is 19. The van der Waals surface area contributed by atoms with Gasteiger partial charge in [0, 0.05) is 18.0 Å². The van der Waals surface area contributed by atoms with Crippen molar-refractivity contribution in [3.05, 3.63) is 47.8 Å². The Morgan fingerprint density at radius 2 is 1.06 bits per heavy atom. The predicted octanol–water partition coefficient (Wildman–Crippen LogP) is 9.76. The Morgan fingerprint density at radius 1 is 0.576 bits per heavy atom. The Bertz CT molecular complexity index is 703. The molecule has 184 valence electrons. The Morgan fingerprint density at radius 3 is 1.61 bits per heavy atom. The molecule has 0 saturated heterocycles. The van der Waals surface area contributed by atoms with Gasteiger partial charge in [-0.1, -0.05) is 129 Å². The van der Waals surface area contributed by atoms with Crippen molar-refractivity contribution in [2.24, 2.45) is 5.92 Å². The van der Waals surface area contributed by atoms with Crippen molar-refractivity contribution in [1.29, 1.82) is 0 Å². The Hall–Kier alpha value is -1.70. The zero-order valence-electron chi connectivity index (χ0n) is 22.0. The molecule has 2 aromatic rings. The largest absolute Gasteiger partial charge is 0.236 e. The molecule has 0 N–H and O–H groups in total. The van der Waals surface area contributed by atoms with Crippen LogP contribution in [0.2, 0.25) is 0 Å². The van der Waals surface area contributed by atoms with Crippen LogP contribution in [0.1, 0.15) is 128 Å². The maximum absolute atomic E-state index is 4.64. The fourth-order valence-corrected chi connectivity index (χ4v) is 4.51. The van der Waals surface area contributed by atoms with Gasteiger partial charge in [-0.3, -0.25) is 0 Å². The van der Waals surface area contributed by atoms with Crippen LogP contribution in [0.5, 0.6) is 0 Å². The number of aromatic nitrogens is 2. The van der Waals surface area contributed by atoms with Gasteiger partial charge in [0.15, 0.2) is 5.82 Å². The molecule has 2 rings (SSSR count). The maximum atomic E-state index is 4.64. The van der Waals surface area contributed by atoms with E-state index in [2.05, 4.69) is 55.0 Å². The van der Waals surface area contributed by atoms with Crippen molar-refractivity contribution in [2.45, 2.75) is 130 Å². The van der Waals surface area contributed by atoms with Crippen molar-refractivity contribution >= 4 is 0 Å². The summed E-state index contributed by atoms with van der Waals surface area (Å²) in [5, 5.41) is 0. The SMILES string of the molecule is CCCCCCCCCCCc1ccc(-c2ncc(CCCCCCCC(C)C)cn2)cc1. The highest BCUT2D eigenvalue weighted by Gasteiger charge is 2.03. The molecule has 0 bridgehead atoms. The highest BCUT2D eigenvalue weighted by molar-refractivity contribution is 5.55. The van der Waals surface area contributed by atoms with Gasteiger partial charge in [-0.2, -0.15) is 0 Å². The van der Waals surface area contributed by atoms with Crippen LogP contribution < -0.4 is 0 Å². The van der Waals surface area contributed by atoms with Gasteiger partial charge < -0.3 is 0 Å². The first-order valence-electron chi connectivity index (χ1n) is 14.1. The van der Waals surface area contributed by atoms with E-state index in [0.717, 1.165) is 23.7 Å². The topological polar surface area (TPSA) is 25.8 Å². The third-order valence-corrected chi connectivity index (χ3v) is 6.73. The van der Waals surface area contributed by atoms with Gasteiger partial charge in [0.1, 0.15) is 0 Å². The molecule has 0 atom stereocenters. The smallest absolute Gasteiger partial charge is 0.159 e. The summed E-state index contributed by atoms with van der Waals surface area (Å²) in [6.07, 6.45) is 26.9. The minimum Gasteiger partial charge on any atom is -0.236 e. The lowest BCUT2D eigenvalue weighted by molar-refractivity contribution is 0.515. The maximum Gasteiger partial charge on any atom is 0.159 e. The number of aryl methyl sites for hydroxylation is 2. The summed E-state index contributed by atoms with van der Waals surface area (Å²) in [5.41, 5.74) is 3.83. The van der Waals surface area contributed by atoms with Crippen LogP contribution in [0, 0.1) is 5.92 Å². The Kier molecular flexibility index (Phi) is 14.8. The van der Waals surface area contributed by atoms with Crippen molar-refractivity contribution in [2.75, 3.05) is 0 Å². The number of unbranched alkanes of at least 4 members (excludes halogenated alkanes) is 12. The average molecular weight is 451 g/mol. The molecule has 0 aliphatic heterocycles. The lowest BCUT2D eigenvalue weighted by Crippen LogP contribution is -1.94. The van der Waals surface area contributed by atoms with Crippen LogP contribution in [0.3, 0.4) is 0 Å². The molecule has 0 aliphatic carbocycles. The van der Waals surface area contributed by atoms with Gasteiger partial charge in [-0.05, 0) is 42.7 Å². The molecular weight excluding hydrogens is 400 g/mol. The number of nitrogens with zero attached hydrogens (tertiary/aromatic N) is 2. The molecule has 2 nitrogen and oxygen atoms in total. The molecule has 33 heavy (non-hydrogen) atoms. The predicted molar refractivity (Wildman–Crippen MR) is 145 cm³/mol. The first-order valence-corrected chi connectivity index (χ1v) is 14.1. The molecule has 2 heteroatoms. The highest BCUT2D eigenvalue weighted by Crippen LogP contribution is 2.18. The first-order chi connectivity index (χ1) is 16.2. The summed E-state index contributed by atoms with van der Waals surface area (Å²) < 4.78 is 0. The molecule has 1 aromatic heterocycles. The second kappa shape index (κ2) is 17.7. The first kappa shape index (κ1) is 27.5. The molecule has 0 aliphatic rings. The van der Waals surface area contributed by atoms with E-state index in [0.29, 0.717) is 0 Å². The van der Waals surface area contributed by atoms with Crippen LogP contribution in [-0.4, -0.2) is 9.97 Å². The van der Waals surface area contributed by atoms with Crippen LogP contribution in [0.4, 0.5) is 0 Å². The van der Waals surface area contributed by atoms with E-state index in [4.69, 9.17) is 0 Å². The van der Waals surface area contributed by atoms with Gasteiger partial charge in [-0.15, -0.1) is 0 Å².